The number of carbonyl (C=O) groups is 1. The molecular weight excluding hydrogens is 263 g/mol. The number of rotatable bonds is 1. The highest BCUT2D eigenvalue weighted by molar-refractivity contribution is 14.1. The van der Waals surface area contributed by atoms with Crippen LogP contribution in [0.25, 0.3) is 0 Å². The van der Waals surface area contributed by atoms with E-state index in [-0.39, 0.29) is 10.8 Å². The normalized spacial score (nSPS) is 43.9. The molecule has 2 fully saturated rings. The Morgan fingerprint density at radius 1 is 1.58 bits per heavy atom. The number of hydrogen-bond donors (Lipinski definition) is 0. The number of Topliss-reactive ketones (excluding diaryl/α,β-unsaturated/α-hetero) is 1. The van der Waals surface area contributed by atoms with E-state index in [4.69, 9.17) is 0 Å². The van der Waals surface area contributed by atoms with E-state index >= 15 is 0 Å². The first-order valence-electron chi connectivity index (χ1n) is 4.64. The van der Waals surface area contributed by atoms with Crippen LogP contribution in [0.2, 0.25) is 0 Å². The van der Waals surface area contributed by atoms with Gasteiger partial charge in [0.1, 0.15) is 5.78 Å². The van der Waals surface area contributed by atoms with Gasteiger partial charge in [0.2, 0.25) is 0 Å². The Kier molecular flexibility index (Phi) is 1.84. The second-order valence-corrected chi connectivity index (χ2v) is 5.56. The van der Waals surface area contributed by atoms with Crippen LogP contribution in [0.4, 0.5) is 0 Å². The molecule has 2 rings (SSSR count). The van der Waals surface area contributed by atoms with Gasteiger partial charge in [0.15, 0.2) is 0 Å². The molecule has 68 valence electrons. The Morgan fingerprint density at radius 3 is 2.50 bits per heavy atom. The molecule has 0 aromatic carbocycles. The molecule has 0 N–H and O–H groups in total. The highest BCUT2D eigenvalue weighted by atomic mass is 127. The van der Waals surface area contributed by atoms with E-state index in [1.165, 1.54) is 6.42 Å². The van der Waals surface area contributed by atoms with Crippen molar-refractivity contribution in [1.82, 2.24) is 0 Å². The average molecular weight is 278 g/mol. The molecule has 2 heteroatoms. The van der Waals surface area contributed by atoms with Gasteiger partial charge < -0.3 is 0 Å². The first-order chi connectivity index (χ1) is 5.54. The molecule has 2 bridgehead atoms. The lowest BCUT2D eigenvalue weighted by Gasteiger charge is -2.34. The molecule has 2 atom stereocenters. The number of halogens is 1. The number of carbonyl (C=O) groups excluding carboxylic acids is 1. The van der Waals surface area contributed by atoms with Gasteiger partial charge in [-0.05, 0) is 24.2 Å². The summed E-state index contributed by atoms with van der Waals surface area (Å²) in [5, 5.41) is 0. The Morgan fingerprint density at radius 2 is 2.25 bits per heavy atom. The van der Waals surface area contributed by atoms with Crippen LogP contribution in [0.1, 0.15) is 33.1 Å². The van der Waals surface area contributed by atoms with Crippen molar-refractivity contribution in [2.24, 2.45) is 16.7 Å². The van der Waals surface area contributed by atoms with Crippen molar-refractivity contribution in [2.45, 2.75) is 33.1 Å². The summed E-state index contributed by atoms with van der Waals surface area (Å²) in [6.45, 7) is 4.57. The smallest absolute Gasteiger partial charge is 0.140 e. The Hall–Kier alpha value is 0.400. The molecule has 2 aliphatic rings. The molecule has 0 saturated heterocycles. The van der Waals surface area contributed by atoms with E-state index in [0.29, 0.717) is 11.7 Å². The topological polar surface area (TPSA) is 17.1 Å². The van der Waals surface area contributed by atoms with Crippen LogP contribution in [0.15, 0.2) is 0 Å². The van der Waals surface area contributed by atoms with E-state index < -0.39 is 0 Å². The maximum atomic E-state index is 11.8. The minimum atomic E-state index is 0.0538. The molecule has 1 nitrogen and oxygen atoms in total. The van der Waals surface area contributed by atoms with Crippen LogP contribution in [0.5, 0.6) is 0 Å². The van der Waals surface area contributed by atoms with Crippen LogP contribution < -0.4 is 0 Å². The third kappa shape index (κ3) is 0.777. The third-order valence-corrected chi connectivity index (χ3v) is 5.67. The second-order valence-electron chi connectivity index (χ2n) is 4.80. The van der Waals surface area contributed by atoms with E-state index in [2.05, 4.69) is 36.4 Å². The molecule has 0 radical (unpaired) electrons. The van der Waals surface area contributed by atoms with Crippen molar-refractivity contribution in [3.63, 3.8) is 0 Å². The van der Waals surface area contributed by atoms with Crippen LogP contribution in [0.3, 0.4) is 0 Å². The monoisotopic (exact) mass is 278 g/mol. The lowest BCUT2D eigenvalue weighted by atomic mass is 9.70. The van der Waals surface area contributed by atoms with Gasteiger partial charge in [0, 0.05) is 16.3 Å². The molecule has 2 saturated carbocycles. The lowest BCUT2D eigenvalue weighted by Crippen LogP contribution is -2.37. The summed E-state index contributed by atoms with van der Waals surface area (Å²) in [7, 11) is 0. The predicted molar refractivity (Wildman–Crippen MR) is 57.4 cm³/mol. The van der Waals surface area contributed by atoms with Gasteiger partial charge in [-0.25, -0.2) is 0 Å². The fraction of sp³-hybridized carbons (Fsp3) is 0.900. The largest absolute Gasteiger partial charge is 0.299 e. The van der Waals surface area contributed by atoms with Crippen molar-refractivity contribution in [3.05, 3.63) is 0 Å². The van der Waals surface area contributed by atoms with Crippen LogP contribution in [0, 0.1) is 16.7 Å². The maximum absolute atomic E-state index is 11.8. The fourth-order valence-corrected chi connectivity index (χ4v) is 4.87. The Balaban J connectivity index is 2.46. The molecule has 0 aromatic heterocycles. The SMILES string of the molecule is CC1(C)[C@H]2CC[C@@]1(CI)C(=O)C2. The third-order valence-electron chi connectivity index (χ3n) is 4.37. The summed E-state index contributed by atoms with van der Waals surface area (Å²) in [6.07, 6.45) is 3.28. The Bertz CT molecular complexity index is 234. The van der Waals surface area contributed by atoms with Gasteiger partial charge in [-0.1, -0.05) is 36.4 Å². The highest BCUT2D eigenvalue weighted by Crippen LogP contribution is 2.64. The molecule has 0 amide bonds. The molecule has 12 heavy (non-hydrogen) atoms. The lowest BCUT2D eigenvalue weighted by molar-refractivity contribution is -0.127. The first-order valence-corrected chi connectivity index (χ1v) is 6.16. The minimum Gasteiger partial charge on any atom is -0.299 e. The number of hydrogen-bond acceptors (Lipinski definition) is 1. The predicted octanol–water partition coefficient (Wildman–Crippen LogP) is 2.82. The molecule has 2 aliphatic carbocycles. The summed E-state index contributed by atoms with van der Waals surface area (Å²) < 4.78 is 1.02. The Labute approximate surface area is 87.4 Å². The molecule has 0 aromatic rings. The zero-order chi connectivity index (χ0) is 8.98. The van der Waals surface area contributed by atoms with Gasteiger partial charge in [-0.3, -0.25) is 4.79 Å². The van der Waals surface area contributed by atoms with Crippen molar-refractivity contribution < 1.29 is 4.79 Å². The van der Waals surface area contributed by atoms with E-state index in [0.717, 1.165) is 17.3 Å². The van der Waals surface area contributed by atoms with Crippen LogP contribution in [-0.4, -0.2) is 10.2 Å². The fourth-order valence-electron chi connectivity index (χ4n) is 3.08. The number of alkyl halides is 1. The van der Waals surface area contributed by atoms with E-state index in [1.54, 1.807) is 0 Å². The summed E-state index contributed by atoms with van der Waals surface area (Å²) >= 11 is 2.39. The summed E-state index contributed by atoms with van der Waals surface area (Å²) in [4.78, 5) is 11.8. The van der Waals surface area contributed by atoms with Crippen molar-refractivity contribution in [2.75, 3.05) is 4.43 Å². The minimum absolute atomic E-state index is 0.0538. The quantitative estimate of drug-likeness (QED) is 0.532. The standard InChI is InChI=1S/C10H15IO/c1-9(2)7-3-4-10(9,6-11)8(12)5-7/h7H,3-6H2,1-2H3/t7-,10+/m0/s1. The summed E-state index contributed by atoms with van der Waals surface area (Å²) in [5.41, 5.74) is 0.337. The van der Waals surface area contributed by atoms with Gasteiger partial charge in [-0.2, -0.15) is 0 Å². The summed E-state index contributed by atoms with van der Waals surface area (Å²) in [5.74, 6) is 1.22. The van der Waals surface area contributed by atoms with Crippen molar-refractivity contribution >= 4 is 28.4 Å². The van der Waals surface area contributed by atoms with Crippen molar-refractivity contribution in [1.29, 1.82) is 0 Å². The van der Waals surface area contributed by atoms with Gasteiger partial charge >= 0.3 is 0 Å². The van der Waals surface area contributed by atoms with Gasteiger partial charge in [0.05, 0.1) is 0 Å². The highest BCUT2D eigenvalue weighted by Gasteiger charge is 2.63. The molecular formula is C10H15IO. The number of fused-ring (bicyclic) bond motifs is 2. The first kappa shape index (κ1) is 8.97. The molecule has 0 spiro atoms. The average Bonchev–Trinajstić information content (AvgIpc) is 2.36. The van der Waals surface area contributed by atoms with E-state index in [9.17, 15) is 4.79 Å². The zero-order valence-electron chi connectivity index (χ0n) is 7.69. The van der Waals surface area contributed by atoms with Gasteiger partial charge in [0.25, 0.3) is 0 Å². The zero-order valence-corrected chi connectivity index (χ0v) is 9.85. The van der Waals surface area contributed by atoms with Gasteiger partial charge in [-0.15, -0.1) is 0 Å². The summed E-state index contributed by atoms with van der Waals surface area (Å²) in [6, 6.07) is 0. The van der Waals surface area contributed by atoms with Crippen molar-refractivity contribution in [3.8, 4) is 0 Å². The molecule has 0 unspecified atom stereocenters. The molecule has 0 heterocycles. The second kappa shape index (κ2) is 2.46. The molecule has 0 aliphatic heterocycles. The van der Waals surface area contributed by atoms with Crippen LogP contribution in [-0.2, 0) is 4.79 Å². The maximum Gasteiger partial charge on any atom is 0.140 e. The number of ketones is 1. The van der Waals surface area contributed by atoms with Crippen LogP contribution >= 0.6 is 22.6 Å². The van der Waals surface area contributed by atoms with E-state index in [1.807, 2.05) is 0 Å².